The zero-order valence-electron chi connectivity index (χ0n) is 17.4. The lowest BCUT2D eigenvalue weighted by Crippen LogP contribution is -2.48. The summed E-state index contributed by atoms with van der Waals surface area (Å²) < 4.78 is 16.3. The van der Waals surface area contributed by atoms with E-state index in [1.165, 1.54) is 0 Å². The Kier molecular flexibility index (Phi) is 5.76. The molecule has 0 saturated carbocycles. The van der Waals surface area contributed by atoms with Crippen molar-refractivity contribution in [1.82, 2.24) is 9.88 Å². The number of carbonyl (C=O) groups is 1. The van der Waals surface area contributed by atoms with Crippen LogP contribution in [0.25, 0.3) is 11.5 Å². The summed E-state index contributed by atoms with van der Waals surface area (Å²) in [5, 5.41) is 9.53. The summed E-state index contributed by atoms with van der Waals surface area (Å²) in [6, 6.07) is 16.5. The van der Waals surface area contributed by atoms with Crippen molar-refractivity contribution >= 4 is 11.8 Å². The molecule has 0 N–H and O–H groups in total. The SMILES string of the molecule is COc1ccc(C(=O)N2CCN(c3oc(-c4ccc(OC)cc4)nc3C#N)CC2)cc1. The van der Waals surface area contributed by atoms with Crippen molar-refractivity contribution in [2.75, 3.05) is 45.3 Å². The number of oxazole rings is 1. The van der Waals surface area contributed by atoms with Gasteiger partial charge in [-0.1, -0.05) is 0 Å². The van der Waals surface area contributed by atoms with E-state index in [2.05, 4.69) is 11.1 Å². The van der Waals surface area contributed by atoms with Gasteiger partial charge >= 0.3 is 0 Å². The topological polar surface area (TPSA) is 91.8 Å². The highest BCUT2D eigenvalue weighted by molar-refractivity contribution is 5.94. The molecule has 0 atom stereocenters. The quantitative estimate of drug-likeness (QED) is 0.628. The molecule has 0 spiro atoms. The lowest BCUT2D eigenvalue weighted by Gasteiger charge is -2.34. The third-order valence-corrected chi connectivity index (χ3v) is 5.24. The number of aromatic nitrogens is 1. The fourth-order valence-corrected chi connectivity index (χ4v) is 3.49. The molecule has 1 aliphatic heterocycles. The van der Waals surface area contributed by atoms with Gasteiger partial charge in [0.15, 0.2) is 0 Å². The zero-order valence-corrected chi connectivity index (χ0v) is 17.4. The molecule has 1 aliphatic rings. The summed E-state index contributed by atoms with van der Waals surface area (Å²) in [6.07, 6.45) is 0. The van der Waals surface area contributed by atoms with E-state index in [0.29, 0.717) is 49.3 Å². The standard InChI is InChI=1S/C23H22N4O4/c1-29-18-7-3-16(4-8-18)21-25-20(15-24)23(31-21)27-13-11-26(12-14-27)22(28)17-5-9-19(30-2)10-6-17/h3-10H,11-14H2,1-2H3. The second kappa shape index (κ2) is 8.79. The average molecular weight is 418 g/mol. The normalized spacial score (nSPS) is 13.6. The Morgan fingerprint density at radius 2 is 1.55 bits per heavy atom. The third kappa shape index (κ3) is 4.16. The molecule has 1 saturated heterocycles. The van der Waals surface area contributed by atoms with Gasteiger partial charge in [-0.15, -0.1) is 0 Å². The molecular weight excluding hydrogens is 396 g/mol. The molecule has 158 valence electrons. The molecule has 4 rings (SSSR count). The fourth-order valence-electron chi connectivity index (χ4n) is 3.49. The van der Waals surface area contributed by atoms with Crippen molar-refractivity contribution in [3.8, 4) is 29.0 Å². The van der Waals surface area contributed by atoms with Crippen LogP contribution in [-0.2, 0) is 0 Å². The molecule has 0 aliphatic carbocycles. The van der Waals surface area contributed by atoms with Crippen LogP contribution in [-0.4, -0.2) is 56.2 Å². The van der Waals surface area contributed by atoms with Crippen LogP contribution in [0, 0.1) is 11.3 Å². The van der Waals surface area contributed by atoms with Gasteiger partial charge in [0.2, 0.25) is 17.5 Å². The first-order chi connectivity index (χ1) is 15.1. The Bertz CT molecular complexity index is 1090. The summed E-state index contributed by atoms with van der Waals surface area (Å²) in [6.45, 7) is 2.14. The number of ether oxygens (including phenoxy) is 2. The smallest absolute Gasteiger partial charge is 0.253 e. The van der Waals surface area contributed by atoms with Crippen molar-refractivity contribution < 1.29 is 18.7 Å². The van der Waals surface area contributed by atoms with Crippen molar-refractivity contribution in [2.24, 2.45) is 0 Å². The largest absolute Gasteiger partial charge is 0.497 e. The Balaban J connectivity index is 1.46. The predicted molar refractivity (Wildman–Crippen MR) is 114 cm³/mol. The molecule has 1 aromatic heterocycles. The molecule has 8 nitrogen and oxygen atoms in total. The molecule has 0 radical (unpaired) electrons. The molecular formula is C23H22N4O4. The van der Waals surface area contributed by atoms with Gasteiger partial charge in [-0.2, -0.15) is 10.2 Å². The second-order valence-electron chi connectivity index (χ2n) is 7.02. The number of amides is 1. The van der Waals surface area contributed by atoms with Crippen LogP contribution >= 0.6 is 0 Å². The highest BCUT2D eigenvalue weighted by Crippen LogP contribution is 2.30. The van der Waals surface area contributed by atoms with E-state index in [1.807, 2.05) is 29.2 Å². The number of hydrogen-bond acceptors (Lipinski definition) is 7. The molecule has 1 amide bonds. The van der Waals surface area contributed by atoms with Crippen LogP contribution in [0.15, 0.2) is 52.9 Å². The highest BCUT2D eigenvalue weighted by Gasteiger charge is 2.27. The lowest BCUT2D eigenvalue weighted by atomic mass is 10.1. The number of hydrogen-bond donors (Lipinski definition) is 0. The molecule has 0 bridgehead atoms. The van der Waals surface area contributed by atoms with Crippen LogP contribution in [0.5, 0.6) is 11.5 Å². The van der Waals surface area contributed by atoms with E-state index >= 15 is 0 Å². The van der Waals surface area contributed by atoms with Gasteiger partial charge in [0.25, 0.3) is 5.91 Å². The maximum atomic E-state index is 12.8. The summed E-state index contributed by atoms with van der Waals surface area (Å²) >= 11 is 0. The van der Waals surface area contributed by atoms with Crippen molar-refractivity contribution in [3.63, 3.8) is 0 Å². The van der Waals surface area contributed by atoms with E-state index in [4.69, 9.17) is 13.9 Å². The van der Waals surface area contributed by atoms with E-state index in [1.54, 1.807) is 43.4 Å². The van der Waals surface area contributed by atoms with E-state index in [9.17, 15) is 10.1 Å². The van der Waals surface area contributed by atoms with Gasteiger partial charge in [0.05, 0.1) is 14.2 Å². The van der Waals surface area contributed by atoms with Gasteiger partial charge in [-0.25, -0.2) is 0 Å². The number of rotatable bonds is 5. The molecule has 2 aromatic carbocycles. The Morgan fingerprint density at radius 3 is 2.10 bits per heavy atom. The van der Waals surface area contributed by atoms with Gasteiger partial charge in [0, 0.05) is 37.3 Å². The van der Waals surface area contributed by atoms with Crippen LogP contribution in [0.4, 0.5) is 5.88 Å². The minimum atomic E-state index is -0.0284. The maximum absolute atomic E-state index is 12.8. The Labute approximate surface area is 180 Å². The molecule has 3 aromatic rings. The summed E-state index contributed by atoms with van der Waals surface area (Å²) in [7, 11) is 3.19. The van der Waals surface area contributed by atoms with Crippen molar-refractivity contribution in [2.45, 2.75) is 0 Å². The summed E-state index contributed by atoms with van der Waals surface area (Å²) in [5.74, 6) is 2.23. The minimum absolute atomic E-state index is 0.0284. The van der Waals surface area contributed by atoms with Crippen LogP contribution in [0.1, 0.15) is 16.1 Å². The van der Waals surface area contributed by atoms with Gasteiger partial charge in [-0.3, -0.25) is 4.79 Å². The minimum Gasteiger partial charge on any atom is -0.497 e. The first kappa shape index (κ1) is 20.3. The molecule has 8 heteroatoms. The Morgan fingerprint density at radius 1 is 0.968 bits per heavy atom. The van der Waals surface area contributed by atoms with Gasteiger partial charge < -0.3 is 23.7 Å². The molecule has 31 heavy (non-hydrogen) atoms. The van der Waals surface area contributed by atoms with E-state index in [-0.39, 0.29) is 11.6 Å². The van der Waals surface area contributed by atoms with Crippen molar-refractivity contribution in [3.05, 3.63) is 59.8 Å². The number of piperazine rings is 1. The highest BCUT2D eigenvalue weighted by atomic mass is 16.5. The number of anilines is 1. The molecule has 0 unspecified atom stereocenters. The van der Waals surface area contributed by atoms with E-state index in [0.717, 1.165) is 11.3 Å². The fraction of sp³-hybridized carbons (Fsp3) is 0.261. The first-order valence-electron chi connectivity index (χ1n) is 9.86. The number of benzene rings is 2. The third-order valence-electron chi connectivity index (χ3n) is 5.24. The summed E-state index contributed by atoms with van der Waals surface area (Å²) in [5.41, 5.74) is 1.62. The van der Waals surface area contributed by atoms with Gasteiger partial charge in [-0.05, 0) is 48.5 Å². The number of carbonyl (C=O) groups excluding carboxylic acids is 1. The van der Waals surface area contributed by atoms with Crippen molar-refractivity contribution in [1.29, 1.82) is 5.26 Å². The maximum Gasteiger partial charge on any atom is 0.253 e. The molecule has 2 heterocycles. The number of nitriles is 1. The van der Waals surface area contributed by atoms with Crippen LogP contribution in [0.3, 0.4) is 0 Å². The zero-order chi connectivity index (χ0) is 21.8. The van der Waals surface area contributed by atoms with Crippen LogP contribution < -0.4 is 14.4 Å². The summed E-state index contributed by atoms with van der Waals surface area (Å²) in [4.78, 5) is 20.9. The van der Waals surface area contributed by atoms with Crippen LogP contribution in [0.2, 0.25) is 0 Å². The lowest BCUT2D eigenvalue weighted by molar-refractivity contribution is 0.0745. The number of methoxy groups -OCH3 is 2. The van der Waals surface area contributed by atoms with E-state index < -0.39 is 0 Å². The van der Waals surface area contributed by atoms with Gasteiger partial charge in [0.1, 0.15) is 17.6 Å². The monoisotopic (exact) mass is 418 g/mol. The second-order valence-corrected chi connectivity index (χ2v) is 7.02. The predicted octanol–water partition coefficient (Wildman–Crippen LogP) is 3.19. The average Bonchev–Trinajstić information content (AvgIpc) is 3.28. The first-order valence-corrected chi connectivity index (χ1v) is 9.86. The molecule has 1 fully saturated rings. The number of nitrogens with zero attached hydrogens (tertiary/aromatic N) is 4. The Hall–Kier alpha value is -3.99.